The molecule has 31 heavy (non-hydrogen) atoms. The number of hydrogen-bond donors (Lipinski definition) is 1. The van der Waals surface area contributed by atoms with Gasteiger partial charge in [-0.05, 0) is 55.8 Å². The Labute approximate surface area is 182 Å². The van der Waals surface area contributed by atoms with Gasteiger partial charge in [-0.15, -0.1) is 0 Å². The van der Waals surface area contributed by atoms with Crippen LogP contribution in [0.5, 0.6) is 0 Å². The summed E-state index contributed by atoms with van der Waals surface area (Å²) in [5, 5.41) is 3.44. The van der Waals surface area contributed by atoms with Gasteiger partial charge < -0.3 is 5.32 Å². The van der Waals surface area contributed by atoms with Gasteiger partial charge in [0.25, 0.3) is 0 Å². The quantitative estimate of drug-likeness (QED) is 0.483. The average Bonchev–Trinajstić information content (AvgIpc) is 3.29. The highest BCUT2D eigenvalue weighted by molar-refractivity contribution is 5.65. The molecule has 4 heterocycles. The van der Waals surface area contributed by atoms with E-state index >= 15 is 0 Å². The minimum atomic E-state index is 0.167. The molecule has 3 aromatic heterocycles. The van der Waals surface area contributed by atoms with E-state index in [1.807, 2.05) is 66.9 Å². The van der Waals surface area contributed by atoms with Gasteiger partial charge in [-0.3, -0.25) is 14.9 Å². The SMILES string of the molecule is c1ccc(Nc2cc(-c3ccncc3)nc([C@@H]3CCCN3Cc3ccccn3)n2)cc1. The summed E-state index contributed by atoms with van der Waals surface area (Å²) in [7, 11) is 0. The van der Waals surface area contributed by atoms with Crippen LogP contribution in [-0.4, -0.2) is 31.4 Å². The fourth-order valence-electron chi connectivity index (χ4n) is 4.03. The summed E-state index contributed by atoms with van der Waals surface area (Å²) >= 11 is 0. The van der Waals surface area contributed by atoms with Gasteiger partial charge >= 0.3 is 0 Å². The number of rotatable bonds is 6. The van der Waals surface area contributed by atoms with Crippen molar-refractivity contribution in [1.82, 2.24) is 24.8 Å². The Bertz CT molecular complexity index is 1120. The summed E-state index contributed by atoms with van der Waals surface area (Å²) in [6.45, 7) is 1.82. The number of para-hydroxylation sites is 1. The number of likely N-dealkylation sites (tertiary alicyclic amines) is 1. The van der Waals surface area contributed by atoms with E-state index in [9.17, 15) is 0 Å². The van der Waals surface area contributed by atoms with Crippen molar-refractivity contribution in [3.05, 3.63) is 96.8 Å². The van der Waals surface area contributed by atoms with Gasteiger partial charge in [0.2, 0.25) is 0 Å². The standard InChI is InChI=1S/C25H24N6/c1-2-7-20(8-3-1)28-24-17-22(19-11-14-26-15-12-19)29-25(30-24)23-10-6-16-31(23)18-21-9-4-5-13-27-21/h1-5,7-9,11-15,17,23H,6,10,16,18H2,(H,28,29,30)/t23-/m0/s1. The van der Waals surface area contributed by atoms with Gasteiger partial charge in [0.15, 0.2) is 0 Å². The van der Waals surface area contributed by atoms with Crippen molar-refractivity contribution in [1.29, 1.82) is 0 Å². The number of anilines is 2. The average molecular weight is 409 g/mol. The Morgan fingerprint density at radius 2 is 1.74 bits per heavy atom. The molecule has 0 radical (unpaired) electrons. The molecule has 0 aliphatic carbocycles. The second-order valence-electron chi connectivity index (χ2n) is 7.67. The maximum absolute atomic E-state index is 4.98. The zero-order chi connectivity index (χ0) is 20.9. The minimum absolute atomic E-state index is 0.167. The van der Waals surface area contributed by atoms with Crippen molar-refractivity contribution in [2.75, 3.05) is 11.9 Å². The summed E-state index contributed by atoms with van der Waals surface area (Å²) in [5.41, 5.74) is 4.01. The highest BCUT2D eigenvalue weighted by atomic mass is 15.2. The van der Waals surface area contributed by atoms with E-state index in [0.717, 1.165) is 60.2 Å². The molecule has 5 rings (SSSR count). The van der Waals surface area contributed by atoms with Crippen LogP contribution in [-0.2, 0) is 6.54 Å². The van der Waals surface area contributed by atoms with Crippen LogP contribution in [0, 0.1) is 0 Å². The Kier molecular flexibility index (Phi) is 5.62. The number of nitrogens with one attached hydrogen (secondary N) is 1. The third kappa shape index (κ3) is 4.59. The Morgan fingerprint density at radius 3 is 2.55 bits per heavy atom. The number of hydrogen-bond acceptors (Lipinski definition) is 6. The normalized spacial score (nSPS) is 16.3. The first kappa shape index (κ1) is 19.3. The monoisotopic (exact) mass is 408 g/mol. The first-order chi connectivity index (χ1) is 15.3. The zero-order valence-electron chi connectivity index (χ0n) is 17.2. The van der Waals surface area contributed by atoms with Crippen molar-refractivity contribution in [3.63, 3.8) is 0 Å². The van der Waals surface area contributed by atoms with Gasteiger partial charge in [0, 0.05) is 42.5 Å². The lowest BCUT2D eigenvalue weighted by Crippen LogP contribution is -2.25. The molecule has 0 unspecified atom stereocenters. The molecule has 4 aromatic rings. The third-order valence-corrected chi connectivity index (χ3v) is 5.52. The summed E-state index contributed by atoms with van der Waals surface area (Å²) in [5.74, 6) is 1.65. The molecule has 0 spiro atoms. The first-order valence-corrected chi connectivity index (χ1v) is 10.6. The zero-order valence-corrected chi connectivity index (χ0v) is 17.2. The van der Waals surface area contributed by atoms with E-state index in [4.69, 9.17) is 9.97 Å². The van der Waals surface area contributed by atoms with Crippen molar-refractivity contribution in [3.8, 4) is 11.3 Å². The fraction of sp³-hybridized carbons (Fsp3) is 0.200. The number of aromatic nitrogens is 4. The van der Waals surface area contributed by atoms with E-state index in [1.165, 1.54) is 0 Å². The van der Waals surface area contributed by atoms with Crippen LogP contribution in [0.15, 0.2) is 85.3 Å². The largest absolute Gasteiger partial charge is 0.340 e. The smallest absolute Gasteiger partial charge is 0.148 e. The highest BCUT2D eigenvalue weighted by Gasteiger charge is 2.29. The van der Waals surface area contributed by atoms with Crippen LogP contribution in [0.4, 0.5) is 11.5 Å². The van der Waals surface area contributed by atoms with Crippen molar-refractivity contribution >= 4 is 11.5 Å². The van der Waals surface area contributed by atoms with Gasteiger partial charge in [-0.2, -0.15) is 0 Å². The summed E-state index contributed by atoms with van der Waals surface area (Å²) in [6, 6.07) is 22.3. The van der Waals surface area contributed by atoms with Crippen LogP contribution in [0.3, 0.4) is 0 Å². The molecule has 1 fully saturated rings. The molecule has 0 bridgehead atoms. The molecule has 1 aromatic carbocycles. The van der Waals surface area contributed by atoms with E-state index < -0.39 is 0 Å². The molecular weight excluding hydrogens is 384 g/mol. The highest BCUT2D eigenvalue weighted by Crippen LogP contribution is 2.33. The lowest BCUT2D eigenvalue weighted by molar-refractivity contribution is 0.237. The number of benzene rings is 1. The Balaban J connectivity index is 1.50. The predicted octanol–water partition coefficient (Wildman–Crippen LogP) is 5.01. The Morgan fingerprint density at radius 1 is 0.903 bits per heavy atom. The molecule has 1 saturated heterocycles. The first-order valence-electron chi connectivity index (χ1n) is 10.6. The summed E-state index contributed by atoms with van der Waals surface area (Å²) in [6.07, 6.45) is 7.61. The minimum Gasteiger partial charge on any atom is -0.340 e. The van der Waals surface area contributed by atoms with E-state index in [1.54, 1.807) is 12.4 Å². The molecule has 1 N–H and O–H groups in total. The van der Waals surface area contributed by atoms with Gasteiger partial charge in [0.1, 0.15) is 11.6 Å². The van der Waals surface area contributed by atoms with E-state index in [-0.39, 0.29) is 6.04 Å². The van der Waals surface area contributed by atoms with Crippen molar-refractivity contribution < 1.29 is 0 Å². The summed E-state index contributed by atoms with van der Waals surface area (Å²) in [4.78, 5) is 21.0. The summed E-state index contributed by atoms with van der Waals surface area (Å²) < 4.78 is 0. The molecule has 0 saturated carbocycles. The van der Waals surface area contributed by atoms with Gasteiger partial charge in [-0.1, -0.05) is 24.3 Å². The van der Waals surface area contributed by atoms with Crippen LogP contribution >= 0.6 is 0 Å². The molecule has 154 valence electrons. The molecule has 1 atom stereocenters. The number of nitrogens with zero attached hydrogens (tertiary/aromatic N) is 5. The third-order valence-electron chi connectivity index (χ3n) is 5.52. The molecular formula is C25H24N6. The Hall–Kier alpha value is -3.64. The second kappa shape index (κ2) is 9.02. The van der Waals surface area contributed by atoms with Crippen LogP contribution in [0.1, 0.15) is 30.4 Å². The molecule has 6 nitrogen and oxygen atoms in total. The van der Waals surface area contributed by atoms with Crippen LogP contribution in [0.2, 0.25) is 0 Å². The topological polar surface area (TPSA) is 66.8 Å². The lowest BCUT2D eigenvalue weighted by Gasteiger charge is -2.24. The maximum atomic E-state index is 4.98. The lowest BCUT2D eigenvalue weighted by atomic mass is 10.1. The van der Waals surface area contributed by atoms with Crippen LogP contribution < -0.4 is 5.32 Å². The molecule has 6 heteroatoms. The molecule has 0 amide bonds. The van der Waals surface area contributed by atoms with Gasteiger partial charge in [-0.25, -0.2) is 9.97 Å². The molecule has 1 aliphatic heterocycles. The van der Waals surface area contributed by atoms with Crippen molar-refractivity contribution in [2.45, 2.75) is 25.4 Å². The van der Waals surface area contributed by atoms with E-state index in [0.29, 0.717) is 0 Å². The van der Waals surface area contributed by atoms with E-state index in [2.05, 4.69) is 26.3 Å². The van der Waals surface area contributed by atoms with Crippen LogP contribution in [0.25, 0.3) is 11.3 Å². The predicted molar refractivity (Wildman–Crippen MR) is 122 cm³/mol. The fourth-order valence-corrected chi connectivity index (χ4v) is 4.03. The van der Waals surface area contributed by atoms with Gasteiger partial charge in [0.05, 0.1) is 17.4 Å². The molecule has 1 aliphatic rings. The number of pyridine rings is 2. The maximum Gasteiger partial charge on any atom is 0.148 e. The second-order valence-corrected chi connectivity index (χ2v) is 7.67. The van der Waals surface area contributed by atoms with Crippen molar-refractivity contribution in [2.24, 2.45) is 0 Å².